The second-order valence-electron chi connectivity index (χ2n) is 5.89. The fourth-order valence-electron chi connectivity index (χ4n) is 1.81. The summed E-state index contributed by atoms with van der Waals surface area (Å²) in [5.74, 6) is 0. The molecule has 0 spiro atoms. The number of hydrogen-bond donors (Lipinski definition) is 2. The van der Waals surface area contributed by atoms with Gasteiger partial charge in [0.2, 0.25) is 0 Å². The van der Waals surface area contributed by atoms with Crippen molar-refractivity contribution in [3.05, 3.63) is 11.3 Å². The Labute approximate surface area is 111 Å². The number of nitrogens with zero attached hydrogens (tertiary/aromatic N) is 1. The van der Waals surface area contributed by atoms with Gasteiger partial charge in [-0.2, -0.15) is 0 Å². The van der Waals surface area contributed by atoms with Crippen LogP contribution in [0.1, 0.15) is 19.3 Å². The van der Waals surface area contributed by atoms with Crippen LogP contribution < -0.4 is 5.73 Å². The molecule has 0 aromatic rings. The summed E-state index contributed by atoms with van der Waals surface area (Å²) in [6, 6.07) is 1.16. The molecule has 0 radical (unpaired) electrons. The maximum atomic E-state index is 7.38. The topological polar surface area (TPSA) is 71.5 Å². The Morgan fingerprint density at radius 1 is 1.39 bits per heavy atom. The van der Waals surface area contributed by atoms with E-state index in [0.29, 0.717) is 6.73 Å². The third kappa shape index (κ3) is 5.14. The van der Waals surface area contributed by atoms with Gasteiger partial charge >= 0.3 is 0 Å². The molecule has 0 heterocycles. The van der Waals surface area contributed by atoms with E-state index >= 15 is 0 Å². The Bertz CT molecular complexity index is 356. The second kappa shape index (κ2) is 6.85. The molecule has 1 rings (SSSR count). The van der Waals surface area contributed by atoms with Gasteiger partial charge in [-0.3, -0.25) is 4.99 Å². The lowest BCUT2D eigenvalue weighted by atomic mass is 9.95. The monoisotopic (exact) mass is 267 g/mol. The van der Waals surface area contributed by atoms with E-state index in [1.54, 1.807) is 0 Å². The third-order valence-corrected chi connectivity index (χ3v) is 4.71. The van der Waals surface area contributed by atoms with E-state index in [1.165, 1.54) is 6.21 Å². The highest BCUT2D eigenvalue weighted by Crippen LogP contribution is 2.18. The zero-order valence-electron chi connectivity index (χ0n) is 11.8. The summed E-state index contributed by atoms with van der Waals surface area (Å²) in [6.45, 7) is 8.18. The van der Waals surface area contributed by atoms with Gasteiger partial charge < -0.3 is 15.9 Å². The molecule has 0 unspecified atom stereocenters. The van der Waals surface area contributed by atoms with Crippen LogP contribution in [-0.4, -0.2) is 33.3 Å². The number of hydrogen-bond acceptors (Lipinski definition) is 4. The van der Waals surface area contributed by atoms with Crippen molar-refractivity contribution in [1.82, 2.24) is 0 Å². The fraction of sp³-hybridized carbons (Fsp3) is 0.692. The van der Waals surface area contributed by atoms with E-state index in [4.69, 9.17) is 15.9 Å². The van der Waals surface area contributed by atoms with Gasteiger partial charge in [0.05, 0.1) is 0 Å². The van der Waals surface area contributed by atoms with Gasteiger partial charge in [-0.1, -0.05) is 19.6 Å². The largest absolute Gasteiger partial charge is 0.401 e. The number of nitrogens with two attached hydrogens (primary N) is 1. The second-order valence-corrected chi connectivity index (χ2v) is 11.5. The molecule has 0 saturated carbocycles. The van der Waals surface area contributed by atoms with E-state index in [1.807, 2.05) is 0 Å². The van der Waals surface area contributed by atoms with Crippen molar-refractivity contribution in [2.24, 2.45) is 10.7 Å². The van der Waals surface area contributed by atoms with E-state index in [0.717, 1.165) is 48.9 Å². The zero-order valence-corrected chi connectivity index (χ0v) is 12.8. The number of aliphatic imine (C=N–C) groups is 1. The Balaban J connectivity index is 2.42. The first-order valence-corrected chi connectivity index (χ1v) is 10.3. The molecule has 3 N–H and O–H groups in total. The van der Waals surface area contributed by atoms with Crippen LogP contribution in [0, 0.1) is 5.41 Å². The van der Waals surface area contributed by atoms with E-state index in [9.17, 15) is 0 Å². The molecular formula is C13H25N3OSi. The molecule has 5 heteroatoms. The van der Waals surface area contributed by atoms with Gasteiger partial charge in [0.1, 0.15) is 6.73 Å². The van der Waals surface area contributed by atoms with Crippen molar-refractivity contribution >= 4 is 20.0 Å². The van der Waals surface area contributed by atoms with Crippen molar-refractivity contribution in [2.75, 3.05) is 13.3 Å². The normalized spacial score (nSPS) is 19.4. The third-order valence-electron chi connectivity index (χ3n) is 3.00. The summed E-state index contributed by atoms with van der Waals surface area (Å²) in [6.07, 6.45) is 4.12. The van der Waals surface area contributed by atoms with Crippen molar-refractivity contribution in [3.63, 3.8) is 0 Å². The standard InChI is InChI=1S/C13H25N3OSi/c1-18(2,3)8-7-17-10-16-13-6-4-5-12(15)11(13)9-14/h9,14H,4-8,10,15H2,1-3H3. The Morgan fingerprint density at radius 2 is 2.11 bits per heavy atom. The van der Waals surface area contributed by atoms with Crippen LogP contribution in [0.5, 0.6) is 0 Å². The highest BCUT2D eigenvalue weighted by molar-refractivity contribution is 6.76. The average Bonchev–Trinajstić information content (AvgIpc) is 2.27. The number of nitrogens with one attached hydrogen (secondary N) is 1. The average molecular weight is 267 g/mol. The Morgan fingerprint density at radius 3 is 2.72 bits per heavy atom. The van der Waals surface area contributed by atoms with Crippen LogP contribution >= 0.6 is 0 Å². The van der Waals surface area contributed by atoms with Crippen molar-refractivity contribution < 1.29 is 4.74 Å². The fourth-order valence-corrected chi connectivity index (χ4v) is 2.56. The van der Waals surface area contributed by atoms with Crippen LogP contribution in [0.3, 0.4) is 0 Å². The van der Waals surface area contributed by atoms with Gasteiger partial charge in [-0.25, -0.2) is 0 Å². The predicted octanol–water partition coefficient (Wildman–Crippen LogP) is 2.79. The van der Waals surface area contributed by atoms with E-state index in [2.05, 4.69) is 24.6 Å². The summed E-state index contributed by atoms with van der Waals surface area (Å²) in [4.78, 5) is 4.43. The minimum atomic E-state index is -1.02. The van der Waals surface area contributed by atoms with Crippen molar-refractivity contribution in [2.45, 2.75) is 44.9 Å². The Kier molecular flexibility index (Phi) is 5.75. The molecule has 0 fully saturated rings. The highest BCUT2D eigenvalue weighted by Gasteiger charge is 2.15. The maximum absolute atomic E-state index is 7.38. The van der Waals surface area contributed by atoms with E-state index in [-0.39, 0.29) is 0 Å². The zero-order chi connectivity index (χ0) is 13.6. The molecule has 0 saturated heterocycles. The van der Waals surface area contributed by atoms with Crippen molar-refractivity contribution in [1.29, 1.82) is 5.41 Å². The predicted molar refractivity (Wildman–Crippen MR) is 80.3 cm³/mol. The van der Waals surface area contributed by atoms with Gasteiger partial charge in [0.25, 0.3) is 0 Å². The van der Waals surface area contributed by atoms with E-state index < -0.39 is 8.07 Å². The Hall–Kier alpha value is -0.943. The van der Waals surface area contributed by atoms with Gasteiger partial charge in [-0.05, 0) is 25.3 Å². The quantitative estimate of drug-likeness (QED) is 0.441. The van der Waals surface area contributed by atoms with Crippen LogP contribution in [0.25, 0.3) is 0 Å². The van der Waals surface area contributed by atoms with Gasteiger partial charge in [0.15, 0.2) is 0 Å². The first kappa shape index (κ1) is 15.1. The SMILES string of the molecule is C[Si](C)(C)CCOCN=C1CCCC(N)=C1C=N. The first-order chi connectivity index (χ1) is 8.44. The molecule has 1 aliphatic carbocycles. The molecule has 0 aromatic heterocycles. The molecule has 18 heavy (non-hydrogen) atoms. The molecule has 4 nitrogen and oxygen atoms in total. The lowest BCUT2D eigenvalue weighted by Crippen LogP contribution is -2.22. The lowest BCUT2D eigenvalue weighted by Gasteiger charge is -2.17. The summed E-state index contributed by atoms with van der Waals surface area (Å²) >= 11 is 0. The minimum absolute atomic E-state index is 0.393. The molecule has 0 bridgehead atoms. The summed E-state index contributed by atoms with van der Waals surface area (Å²) in [5, 5.41) is 7.38. The van der Waals surface area contributed by atoms with Crippen LogP contribution in [0.4, 0.5) is 0 Å². The molecule has 102 valence electrons. The summed E-state index contributed by atoms with van der Waals surface area (Å²) < 4.78 is 5.55. The lowest BCUT2D eigenvalue weighted by molar-refractivity contribution is 0.155. The van der Waals surface area contributed by atoms with Gasteiger partial charge in [0, 0.05) is 37.9 Å². The molecular weight excluding hydrogens is 242 g/mol. The minimum Gasteiger partial charge on any atom is -0.401 e. The van der Waals surface area contributed by atoms with Crippen molar-refractivity contribution in [3.8, 4) is 0 Å². The summed E-state index contributed by atoms with van der Waals surface area (Å²) in [7, 11) is -1.02. The van der Waals surface area contributed by atoms with Crippen LogP contribution in [-0.2, 0) is 4.74 Å². The summed E-state index contributed by atoms with van der Waals surface area (Å²) in [5.41, 5.74) is 8.40. The highest BCUT2D eigenvalue weighted by atomic mass is 28.3. The van der Waals surface area contributed by atoms with Crippen LogP contribution in [0.2, 0.25) is 25.7 Å². The molecule has 1 aliphatic rings. The maximum Gasteiger partial charge on any atom is 0.137 e. The molecule has 0 atom stereocenters. The number of rotatable bonds is 6. The number of allylic oxidation sites excluding steroid dienone is 2. The number of ether oxygens (including phenoxy) is 1. The molecule has 0 aromatic carbocycles. The first-order valence-electron chi connectivity index (χ1n) is 6.54. The smallest absolute Gasteiger partial charge is 0.137 e. The van der Waals surface area contributed by atoms with Crippen LogP contribution in [0.15, 0.2) is 16.3 Å². The van der Waals surface area contributed by atoms with Gasteiger partial charge in [-0.15, -0.1) is 0 Å². The molecule has 0 amide bonds. The molecule has 0 aliphatic heterocycles.